The summed E-state index contributed by atoms with van der Waals surface area (Å²) in [6, 6.07) is 14.0. The molecule has 0 unspecified atom stereocenters. The van der Waals surface area contributed by atoms with Gasteiger partial charge in [-0.25, -0.2) is 0 Å². The van der Waals surface area contributed by atoms with Gasteiger partial charge < -0.3 is 14.8 Å². The lowest BCUT2D eigenvalue weighted by Crippen LogP contribution is -2.38. The monoisotopic (exact) mass is 372 g/mol. The lowest BCUT2D eigenvalue weighted by atomic mass is 9.94. The molecule has 0 aliphatic carbocycles. The Morgan fingerprint density at radius 2 is 1.85 bits per heavy atom. The minimum absolute atomic E-state index is 0.130. The summed E-state index contributed by atoms with van der Waals surface area (Å²) in [5.74, 6) is -1.33. The van der Waals surface area contributed by atoms with E-state index in [1.807, 2.05) is 6.07 Å². The van der Waals surface area contributed by atoms with Crippen LogP contribution in [0.25, 0.3) is 0 Å². The van der Waals surface area contributed by atoms with Crippen molar-refractivity contribution in [3.8, 4) is 5.75 Å². The Bertz CT molecular complexity index is 809. The number of non-ortho nitro benzene ring substituents is 1. The summed E-state index contributed by atoms with van der Waals surface area (Å²) in [5.41, 5.74) is 0.619. The lowest BCUT2D eigenvalue weighted by Gasteiger charge is -2.24. The molecular formula is C19H20N2O6. The van der Waals surface area contributed by atoms with Gasteiger partial charge in [-0.2, -0.15) is 0 Å². The molecule has 2 atom stereocenters. The Hall–Kier alpha value is -3.42. The molecule has 0 aliphatic rings. The molecule has 0 aromatic heterocycles. The third-order valence-electron chi connectivity index (χ3n) is 3.95. The summed E-state index contributed by atoms with van der Waals surface area (Å²) in [5, 5.41) is 13.5. The second-order valence-corrected chi connectivity index (χ2v) is 5.81. The van der Waals surface area contributed by atoms with E-state index in [4.69, 9.17) is 9.47 Å². The first kappa shape index (κ1) is 19.9. The van der Waals surface area contributed by atoms with Gasteiger partial charge in [0.05, 0.1) is 30.1 Å². The maximum atomic E-state index is 12.3. The predicted molar refractivity (Wildman–Crippen MR) is 97.1 cm³/mol. The summed E-state index contributed by atoms with van der Waals surface area (Å²) >= 11 is 0. The highest BCUT2D eigenvalue weighted by atomic mass is 16.6. The normalized spacial score (nSPS) is 12.5. The van der Waals surface area contributed by atoms with Crippen LogP contribution < -0.4 is 10.1 Å². The molecule has 1 amide bonds. The van der Waals surface area contributed by atoms with Crippen molar-refractivity contribution in [1.29, 1.82) is 0 Å². The average molecular weight is 372 g/mol. The van der Waals surface area contributed by atoms with E-state index in [-0.39, 0.29) is 18.0 Å². The van der Waals surface area contributed by atoms with E-state index < -0.39 is 28.8 Å². The molecule has 2 aromatic carbocycles. The quantitative estimate of drug-likeness (QED) is 0.434. The number of hydrogen-bond acceptors (Lipinski definition) is 6. The molecule has 1 N–H and O–H groups in total. The number of nitro benzene ring substituents is 1. The highest BCUT2D eigenvalue weighted by Crippen LogP contribution is 2.23. The van der Waals surface area contributed by atoms with Gasteiger partial charge in [0.15, 0.2) is 6.61 Å². The Balaban J connectivity index is 2.06. The molecule has 0 bridgehead atoms. The van der Waals surface area contributed by atoms with Gasteiger partial charge in [0, 0.05) is 6.07 Å². The number of amides is 1. The fourth-order valence-electron chi connectivity index (χ4n) is 2.53. The average Bonchev–Trinajstić information content (AvgIpc) is 2.70. The van der Waals surface area contributed by atoms with Gasteiger partial charge in [0.25, 0.3) is 11.6 Å². The lowest BCUT2D eigenvalue weighted by molar-refractivity contribution is -0.384. The van der Waals surface area contributed by atoms with Crippen molar-refractivity contribution in [2.24, 2.45) is 5.92 Å². The first-order valence-corrected chi connectivity index (χ1v) is 8.21. The second-order valence-electron chi connectivity index (χ2n) is 5.81. The van der Waals surface area contributed by atoms with Gasteiger partial charge in [-0.1, -0.05) is 36.4 Å². The predicted octanol–water partition coefficient (Wildman–Crippen LogP) is 2.64. The number of rotatable bonds is 8. The topological polar surface area (TPSA) is 108 Å². The molecule has 142 valence electrons. The molecule has 0 fully saturated rings. The fraction of sp³-hybridized carbons (Fsp3) is 0.263. The maximum Gasteiger partial charge on any atom is 0.310 e. The number of hydrogen-bond donors (Lipinski definition) is 1. The van der Waals surface area contributed by atoms with E-state index in [1.165, 1.54) is 31.4 Å². The number of ether oxygens (including phenoxy) is 2. The first-order chi connectivity index (χ1) is 12.9. The molecule has 8 heteroatoms. The molecule has 8 nitrogen and oxygen atoms in total. The SMILES string of the molecule is COC(=O)[C@H](C)[C@H](NC(=O)COc1cccc([N+](=O)[O-])c1)c1ccccc1. The van der Waals surface area contributed by atoms with E-state index >= 15 is 0 Å². The van der Waals surface area contributed by atoms with E-state index in [0.29, 0.717) is 0 Å². The molecule has 0 saturated heterocycles. The van der Waals surface area contributed by atoms with Gasteiger partial charge in [-0.3, -0.25) is 19.7 Å². The second kappa shape index (κ2) is 9.33. The molecule has 0 aliphatic heterocycles. The van der Waals surface area contributed by atoms with Gasteiger partial charge >= 0.3 is 5.97 Å². The van der Waals surface area contributed by atoms with Crippen LogP contribution in [-0.4, -0.2) is 30.5 Å². The van der Waals surface area contributed by atoms with Crippen LogP contribution in [0.5, 0.6) is 5.75 Å². The zero-order valence-electron chi connectivity index (χ0n) is 15.0. The van der Waals surface area contributed by atoms with Crippen molar-refractivity contribution in [2.75, 3.05) is 13.7 Å². The van der Waals surface area contributed by atoms with Crippen LogP contribution in [0.2, 0.25) is 0 Å². The van der Waals surface area contributed by atoms with Gasteiger partial charge in [0.2, 0.25) is 0 Å². The van der Waals surface area contributed by atoms with E-state index in [1.54, 1.807) is 31.2 Å². The molecule has 0 saturated carbocycles. The van der Waals surface area contributed by atoms with Gasteiger partial charge in [-0.15, -0.1) is 0 Å². The third-order valence-corrected chi connectivity index (χ3v) is 3.95. The van der Waals surface area contributed by atoms with Crippen molar-refractivity contribution in [3.63, 3.8) is 0 Å². The highest BCUT2D eigenvalue weighted by Gasteiger charge is 2.27. The smallest absolute Gasteiger partial charge is 0.310 e. The molecule has 0 spiro atoms. The van der Waals surface area contributed by atoms with Crippen LogP contribution in [0.4, 0.5) is 5.69 Å². The Morgan fingerprint density at radius 3 is 2.48 bits per heavy atom. The standard InChI is InChI=1S/C19H20N2O6/c1-13(19(23)26-2)18(14-7-4-3-5-8-14)20-17(22)12-27-16-10-6-9-15(11-16)21(24)25/h3-11,13,18H,12H2,1-2H3,(H,20,22)/t13-,18+/m1/s1. The molecule has 0 heterocycles. The van der Waals surface area contributed by atoms with E-state index in [0.717, 1.165) is 5.56 Å². The van der Waals surface area contributed by atoms with E-state index in [2.05, 4.69) is 5.32 Å². The fourth-order valence-corrected chi connectivity index (χ4v) is 2.53. The Labute approximate surface area is 156 Å². The van der Waals surface area contributed by atoms with Crippen molar-refractivity contribution in [3.05, 3.63) is 70.3 Å². The van der Waals surface area contributed by atoms with Crippen LogP contribution in [0.3, 0.4) is 0 Å². The summed E-state index contributed by atoms with van der Waals surface area (Å²) in [6.45, 7) is 1.31. The Kier molecular flexibility index (Phi) is 6.87. The van der Waals surface area contributed by atoms with Crippen LogP contribution in [0.1, 0.15) is 18.5 Å². The number of esters is 1. The van der Waals surface area contributed by atoms with Crippen LogP contribution in [0.15, 0.2) is 54.6 Å². The zero-order valence-corrected chi connectivity index (χ0v) is 15.0. The van der Waals surface area contributed by atoms with Crippen LogP contribution >= 0.6 is 0 Å². The van der Waals surface area contributed by atoms with Gasteiger partial charge in [0.1, 0.15) is 5.75 Å². The number of nitrogens with one attached hydrogen (secondary N) is 1. The third kappa shape index (κ3) is 5.53. The molecule has 27 heavy (non-hydrogen) atoms. The number of nitrogens with zero attached hydrogens (tertiary/aromatic N) is 1. The first-order valence-electron chi connectivity index (χ1n) is 8.21. The number of carbonyl (C=O) groups excluding carboxylic acids is 2. The summed E-state index contributed by atoms with van der Waals surface area (Å²) in [6.07, 6.45) is 0. The maximum absolute atomic E-state index is 12.3. The number of nitro groups is 1. The largest absolute Gasteiger partial charge is 0.484 e. The minimum Gasteiger partial charge on any atom is -0.484 e. The molecule has 0 radical (unpaired) electrons. The van der Waals surface area contributed by atoms with Crippen molar-refractivity contribution in [2.45, 2.75) is 13.0 Å². The minimum atomic E-state index is -0.612. The summed E-state index contributed by atoms with van der Waals surface area (Å²) in [7, 11) is 1.29. The van der Waals surface area contributed by atoms with Crippen LogP contribution in [-0.2, 0) is 14.3 Å². The van der Waals surface area contributed by atoms with Gasteiger partial charge in [-0.05, 0) is 18.6 Å². The summed E-state index contributed by atoms with van der Waals surface area (Å²) in [4.78, 5) is 34.5. The number of benzene rings is 2. The molecular weight excluding hydrogens is 352 g/mol. The number of carbonyl (C=O) groups is 2. The number of methoxy groups -OCH3 is 1. The van der Waals surface area contributed by atoms with Crippen molar-refractivity contribution in [1.82, 2.24) is 5.32 Å². The molecule has 2 rings (SSSR count). The van der Waals surface area contributed by atoms with Crippen molar-refractivity contribution >= 4 is 17.6 Å². The highest BCUT2D eigenvalue weighted by molar-refractivity contribution is 5.80. The molecule has 2 aromatic rings. The van der Waals surface area contributed by atoms with Crippen LogP contribution in [0, 0.1) is 16.0 Å². The van der Waals surface area contributed by atoms with E-state index in [9.17, 15) is 19.7 Å². The van der Waals surface area contributed by atoms with Crippen molar-refractivity contribution < 1.29 is 24.0 Å². The zero-order chi connectivity index (χ0) is 19.8. The Morgan fingerprint density at radius 1 is 1.15 bits per heavy atom. The summed E-state index contributed by atoms with van der Waals surface area (Å²) < 4.78 is 10.1.